The van der Waals surface area contributed by atoms with Gasteiger partial charge in [-0.3, -0.25) is 0 Å². The molecule has 8 nitrogen and oxygen atoms in total. The van der Waals surface area contributed by atoms with Crippen LogP contribution in [-0.2, 0) is 0 Å². The largest absolute Gasteiger partial charge is 0.478 e. The molecule has 0 aliphatic rings. The lowest BCUT2D eigenvalue weighted by molar-refractivity contribution is 0.0676. The standard InChI is InChI=1S/C28H18O8/c29-25(30)21-9-19(10-22(13-21)26(31)32)17-5-1-15(2-6-17)16-3-7-18(8-4-16)20-11-23(27(33)34)14-24(12-20)28(35)36/h1-14H,(H,29,30)(H,31,32)(H,33,34)(H,35,36). The van der Waals surface area contributed by atoms with Gasteiger partial charge in [0.05, 0.1) is 22.3 Å². The summed E-state index contributed by atoms with van der Waals surface area (Å²) in [7, 11) is 0. The van der Waals surface area contributed by atoms with Crippen LogP contribution in [0.1, 0.15) is 41.4 Å². The Bertz CT molecular complexity index is 1340. The van der Waals surface area contributed by atoms with E-state index in [1.54, 1.807) is 24.3 Å². The number of rotatable bonds is 7. The molecule has 4 aromatic rings. The molecule has 0 aliphatic carbocycles. The quantitative estimate of drug-likeness (QED) is 0.270. The summed E-state index contributed by atoms with van der Waals surface area (Å²) in [4.78, 5) is 45.5. The van der Waals surface area contributed by atoms with Gasteiger partial charge in [0, 0.05) is 0 Å². The van der Waals surface area contributed by atoms with Gasteiger partial charge in [0.25, 0.3) is 0 Å². The number of carbonyl (C=O) groups is 4. The second-order valence-electron chi connectivity index (χ2n) is 7.97. The molecule has 0 saturated carbocycles. The average Bonchev–Trinajstić information content (AvgIpc) is 2.88. The third-order valence-corrected chi connectivity index (χ3v) is 5.62. The predicted octanol–water partition coefficient (Wildman–Crippen LogP) is 5.48. The lowest BCUT2D eigenvalue weighted by Gasteiger charge is -2.09. The second-order valence-corrected chi connectivity index (χ2v) is 7.97. The van der Waals surface area contributed by atoms with E-state index in [0.29, 0.717) is 22.3 Å². The molecule has 8 heteroatoms. The van der Waals surface area contributed by atoms with Crippen molar-refractivity contribution in [2.45, 2.75) is 0 Å². The molecule has 0 saturated heterocycles. The van der Waals surface area contributed by atoms with E-state index in [1.165, 1.54) is 24.3 Å². The lowest BCUT2D eigenvalue weighted by Crippen LogP contribution is -2.03. The van der Waals surface area contributed by atoms with Gasteiger partial charge in [-0.25, -0.2) is 19.2 Å². The van der Waals surface area contributed by atoms with Gasteiger partial charge >= 0.3 is 23.9 Å². The van der Waals surface area contributed by atoms with Gasteiger partial charge in [-0.15, -0.1) is 0 Å². The maximum absolute atomic E-state index is 11.4. The van der Waals surface area contributed by atoms with Crippen LogP contribution in [0, 0.1) is 0 Å². The van der Waals surface area contributed by atoms with Crippen LogP contribution in [0.4, 0.5) is 0 Å². The third-order valence-electron chi connectivity index (χ3n) is 5.62. The van der Waals surface area contributed by atoms with E-state index in [4.69, 9.17) is 0 Å². The van der Waals surface area contributed by atoms with E-state index in [1.807, 2.05) is 24.3 Å². The van der Waals surface area contributed by atoms with Crippen LogP contribution in [0.25, 0.3) is 33.4 Å². The third kappa shape index (κ3) is 4.97. The number of carboxylic acids is 4. The van der Waals surface area contributed by atoms with E-state index in [-0.39, 0.29) is 22.3 Å². The molecule has 0 amide bonds. The molecule has 4 rings (SSSR count). The van der Waals surface area contributed by atoms with Crippen LogP contribution in [0.3, 0.4) is 0 Å². The summed E-state index contributed by atoms with van der Waals surface area (Å²) >= 11 is 0. The molecule has 178 valence electrons. The molecule has 0 unspecified atom stereocenters. The monoisotopic (exact) mass is 482 g/mol. The van der Waals surface area contributed by atoms with E-state index in [9.17, 15) is 39.6 Å². The first-order valence-electron chi connectivity index (χ1n) is 10.6. The Hall–Kier alpha value is -5.24. The highest BCUT2D eigenvalue weighted by Crippen LogP contribution is 2.29. The minimum atomic E-state index is -1.22. The van der Waals surface area contributed by atoms with Gasteiger partial charge in [-0.1, -0.05) is 48.5 Å². The van der Waals surface area contributed by atoms with Crippen LogP contribution < -0.4 is 0 Å². The number of benzene rings is 4. The summed E-state index contributed by atoms with van der Waals surface area (Å²) in [5.41, 5.74) is 3.39. The molecule has 0 bridgehead atoms. The van der Waals surface area contributed by atoms with Crippen molar-refractivity contribution in [2.75, 3.05) is 0 Å². The first-order chi connectivity index (χ1) is 17.1. The summed E-state index contributed by atoms with van der Waals surface area (Å²) in [6, 6.07) is 22.1. The normalized spacial score (nSPS) is 10.6. The van der Waals surface area contributed by atoms with Crippen LogP contribution >= 0.6 is 0 Å². The summed E-state index contributed by atoms with van der Waals surface area (Å²) in [5, 5.41) is 37.2. The van der Waals surface area contributed by atoms with Crippen LogP contribution in [0.5, 0.6) is 0 Å². The maximum Gasteiger partial charge on any atom is 0.335 e. The Balaban J connectivity index is 1.64. The first-order valence-corrected chi connectivity index (χ1v) is 10.6. The van der Waals surface area contributed by atoms with Gasteiger partial charge < -0.3 is 20.4 Å². The minimum Gasteiger partial charge on any atom is -0.478 e. The topological polar surface area (TPSA) is 149 Å². The predicted molar refractivity (Wildman–Crippen MR) is 131 cm³/mol. The molecule has 0 radical (unpaired) electrons. The molecular weight excluding hydrogens is 464 g/mol. The van der Waals surface area contributed by atoms with E-state index in [0.717, 1.165) is 23.3 Å². The van der Waals surface area contributed by atoms with E-state index in [2.05, 4.69) is 0 Å². The van der Waals surface area contributed by atoms with Gasteiger partial charge in [-0.05, 0) is 69.8 Å². The highest BCUT2D eigenvalue weighted by atomic mass is 16.4. The Labute approximate surface area is 204 Å². The van der Waals surface area contributed by atoms with Crippen molar-refractivity contribution in [1.82, 2.24) is 0 Å². The SMILES string of the molecule is O=C(O)c1cc(C(=O)O)cc(-c2ccc(-c3ccc(-c4cc(C(=O)O)cc(C(=O)O)c4)cc3)cc2)c1. The summed E-state index contributed by atoms with van der Waals surface area (Å²) in [5.74, 6) is -4.89. The van der Waals surface area contributed by atoms with Crippen molar-refractivity contribution >= 4 is 23.9 Å². The number of aromatic carboxylic acids is 4. The average molecular weight is 482 g/mol. The zero-order valence-electron chi connectivity index (χ0n) is 18.5. The van der Waals surface area contributed by atoms with E-state index >= 15 is 0 Å². The van der Waals surface area contributed by atoms with E-state index < -0.39 is 23.9 Å². The molecule has 4 aromatic carbocycles. The Morgan fingerprint density at radius 3 is 0.722 bits per heavy atom. The molecule has 0 fully saturated rings. The van der Waals surface area contributed by atoms with Crippen LogP contribution in [0.2, 0.25) is 0 Å². The highest BCUT2D eigenvalue weighted by molar-refractivity contribution is 5.97. The Kier molecular flexibility index (Phi) is 6.34. The van der Waals surface area contributed by atoms with Crippen molar-refractivity contribution in [3.05, 3.63) is 107 Å². The van der Waals surface area contributed by atoms with Crippen LogP contribution in [0.15, 0.2) is 84.9 Å². The molecule has 0 atom stereocenters. The van der Waals surface area contributed by atoms with Crippen molar-refractivity contribution in [1.29, 1.82) is 0 Å². The smallest absolute Gasteiger partial charge is 0.335 e. The fraction of sp³-hybridized carbons (Fsp3) is 0. The zero-order valence-corrected chi connectivity index (χ0v) is 18.5. The molecule has 0 aliphatic heterocycles. The molecular formula is C28H18O8. The second kappa shape index (κ2) is 9.55. The minimum absolute atomic E-state index is 0.123. The Morgan fingerprint density at radius 2 is 0.528 bits per heavy atom. The van der Waals surface area contributed by atoms with Crippen molar-refractivity contribution < 1.29 is 39.6 Å². The number of hydrogen-bond donors (Lipinski definition) is 4. The van der Waals surface area contributed by atoms with Crippen molar-refractivity contribution in [3.8, 4) is 33.4 Å². The fourth-order valence-corrected chi connectivity index (χ4v) is 3.79. The van der Waals surface area contributed by atoms with Crippen molar-refractivity contribution in [2.24, 2.45) is 0 Å². The molecule has 4 N–H and O–H groups in total. The van der Waals surface area contributed by atoms with Crippen LogP contribution in [-0.4, -0.2) is 44.3 Å². The fourth-order valence-electron chi connectivity index (χ4n) is 3.79. The summed E-state index contributed by atoms with van der Waals surface area (Å²) in [6.07, 6.45) is 0. The number of hydrogen-bond acceptors (Lipinski definition) is 4. The highest BCUT2D eigenvalue weighted by Gasteiger charge is 2.14. The first kappa shape index (κ1) is 23.9. The van der Waals surface area contributed by atoms with Gasteiger partial charge in [0.15, 0.2) is 0 Å². The van der Waals surface area contributed by atoms with Gasteiger partial charge in [-0.2, -0.15) is 0 Å². The molecule has 36 heavy (non-hydrogen) atoms. The zero-order chi connectivity index (χ0) is 26.0. The lowest BCUT2D eigenvalue weighted by atomic mass is 9.95. The van der Waals surface area contributed by atoms with Gasteiger partial charge in [0.2, 0.25) is 0 Å². The Morgan fingerprint density at radius 1 is 0.333 bits per heavy atom. The molecule has 0 aromatic heterocycles. The maximum atomic E-state index is 11.4. The van der Waals surface area contributed by atoms with Crippen molar-refractivity contribution in [3.63, 3.8) is 0 Å². The summed E-state index contributed by atoms with van der Waals surface area (Å²) in [6.45, 7) is 0. The van der Waals surface area contributed by atoms with Gasteiger partial charge in [0.1, 0.15) is 0 Å². The number of carboxylic acid groups (broad SMARTS) is 4. The summed E-state index contributed by atoms with van der Waals surface area (Å²) < 4.78 is 0. The molecule has 0 heterocycles. The molecule has 0 spiro atoms.